The summed E-state index contributed by atoms with van der Waals surface area (Å²) in [6, 6.07) is 4.94. The average molecular weight is 313 g/mol. The topological polar surface area (TPSA) is 72.9 Å². The lowest BCUT2D eigenvalue weighted by molar-refractivity contribution is -0.116. The summed E-state index contributed by atoms with van der Waals surface area (Å²) in [6.07, 6.45) is 1.84. The van der Waals surface area contributed by atoms with Crippen LogP contribution in [0.2, 0.25) is 10.0 Å². The van der Waals surface area contributed by atoms with Crippen LogP contribution in [0.4, 0.5) is 11.4 Å². The second kappa shape index (κ2) is 6.15. The molecular weight excluding hydrogens is 299 g/mol. The number of nitrogens with two attached hydrogens (primary N) is 1. The van der Waals surface area contributed by atoms with Gasteiger partial charge in [0.15, 0.2) is 0 Å². The highest BCUT2D eigenvalue weighted by Crippen LogP contribution is 2.24. The molecule has 0 spiro atoms. The van der Waals surface area contributed by atoms with Crippen molar-refractivity contribution >= 4 is 40.5 Å². The molecule has 0 saturated carbocycles. The number of nitrogen functional groups attached to an aromatic ring is 1. The first-order valence-electron chi connectivity index (χ1n) is 6.00. The highest BCUT2D eigenvalue weighted by molar-refractivity contribution is 6.34. The number of rotatable bonds is 4. The standard InChI is InChI=1S/C13H14Cl2N4O/c1-8-11(15)7-17-19(8)5-4-13(20)18-12-3-2-9(16)6-10(12)14/h2-3,6-7H,4-5,16H2,1H3,(H,18,20). The van der Waals surface area contributed by atoms with Crippen LogP contribution in [0.15, 0.2) is 24.4 Å². The Hall–Kier alpha value is -1.72. The van der Waals surface area contributed by atoms with Gasteiger partial charge in [-0.25, -0.2) is 0 Å². The molecule has 0 aliphatic heterocycles. The van der Waals surface area contributed by atoms with Gasteiger partial charge >= 0.3 is 0 Å². The molecule has 2 rings (SSSR count). The number of nitrogens with one attached hydrogen (secondary N) is 1. The summed E-state index contributed by atoms with van der Waals surface area (Å²) in [7, 11) is 0. The Kier molecular flexibility index (Phi) is 4.52. The van der Waals surface area contributed by atoms with E-state index < -0.39 is 0 Å². The average Bonchev–Trinajstić information content (AvgIpc) is 2.71. The van der Waals surface area contributed by atoms with Crippen molar-refractivity contribution in [3.63, 3.8) is 0 Å². The third kappa shape index (κ3) is 3.43. The number of carbonyl (C=O) groups is 1. The van der Waals surface area contributed by atoms with Crippen LogP contribution in [0.1, 0.15) is 12.1 Å². The van der Waals surface area contributed by atoms with Crippen molar-refractivity contribution in [1.29, 1.82) is 0 Å². The quantitative estimate of drug-likeness (QED) is 0.852. The monoisotopic (exact) mass is 312 g/mol. The highest BCUT2D eigenvalue weighted by Gasteiger charge is 2.09. The summed E-state index contributed by atoms with van der Waals surface area (Å²) in [6.45, 7) is 2.31. The Morgan fingerprint density at radius 1 is 1.40 bits per heavy atom. The fourth-order valence-corrected chi connectivity index (χ4v) is 2.08. The summed E-state index contributed by atoms with van der Waals surface area (Å²) < 4.78 is 1.69. The smallest absolute Gasteiger partial charge is 0.226 e. The minimum absolute atomic E-state index is 0.150. The molecule has 1 aromatic carbocycles. The fourth-order valence-electron chi connectivity index (χ4n) is 1.70. The first-order valence-corrected chi connectivity index (χ1v) is 6.75. The van der Waals surface area contributed by atoms with Gasteiger partial charge in [-0.1, -0.05) is 23.2 Å². The molecule has 1 aromatic heterocycles. The van der Waals surface area contributed by atoms with Gasteiger partial charge in [0.1, 0.15) is 0 Å². The predicted octanol–water partition coefficient (Wildman–Crippen LogP) is 3.11. The molecule has 0 aliphatic carbocycles. The number of benzene rings is 1. The summed E-state index contributed by atoms with van der Waals surface area (Å²) in [5, 5.41) is 7.82. The summed E-state index contributed by atoms with van der Waals surface area (Å²) in [5.74, 6) is -0.150. The van der Waals surface area contributed by atoms with Crippen molar-refractivity contribution in [3.8, 4) is 0 Å². The minimum atomic E-state index is -0.150. The second-order valence-corrected chi connectivity index (χ2v) is 5.15. The number of carbonyl (C=O) groups excluding carboxylic acids is 1. The van der Waals surface area contributed by atoms with E-state index in [0.717, 1.165) is 5.69 Å². The number of aryl methyl sites for hydroxylation is 1. The highest BCUT2D eigenvalue weighted by atomic mass is 35.5. The number of aromatic nitrogens is 2. The van der Waals surface area contributed by atoms with E-state index in [-0.39, 0.29) is 12.3 Å². The Labute approximate surface area is 126 Å². The molecule has 0 fully saturated rings. The predicted molar refractivity (Wildman–Crippen MR) is 81.1 cm³/mol. The molecule has 106 valence electrons. The van der Waals surface area contributed by atoms with Crippen LogP contribution in [-0.2, 0) is 11.3 Å². The van der Waals surface area contributed by atoms with Crippen LogP contribution in [0.3, 0.4) is 0 Å². The van der Waals surface area contributed by atoms with E-state index in [2.05, 4.69) is 10.4 Å². The van der Waals surface area contributed by atoms with Gasteiger partial charge in [0.25, 0.3) is 0 Å². The fraction of sp³-hybridized carbons (Fsp3) is 0.231. The Bertz CT molecular complexity index is 639. The Morgan fingerprint density at radius 3 is 2.75 bits per heavy atom. The number of amides is 1. The van der Waals surface area contributed by atoms with Gasteiger partial charge in [0.2, 0.25) is 5.91 Å². The number of halogens is 2. The molecule has 0 aliphatic rings. The van der Waals surface area contributed by atoms with E-state index in [1.807, 2.05) is 6.92 Å². The molecule has 7 heteroatoms. The molecule has 20 heavy (non-hydrogen) atoms. The van der Waals surface area contributed by atoms with Gasteiger partial charge in [-0.2, -0.15) is 5.10 Å². The van der Waals surface area contributed by atoms with E-state index in [0.29, 0.717) is 28.0 Å². The molecule has 1 amide bonds. The van der Waals surface area contributed by atoms with Gasteiger partial charge in [0.05, 0.1) is 34.2 Å². The van der Waals surface area contributed by atoms with Crippen molar-refractivity contribution in [2.24, 2.45) is 0 Å². The molecule has 0 saturated heterocycles. The van der Waals surface area contributed by atoms with Crippen molar-refractivity contribution in [2.75, 3.05) is 11.1 Å². The first kappa shape index (κ1) is 14.7. The number of anilines is 2. The molecule has 0 atom stereocenters. The van der Waals surface area contributed by atoms with Crippen LogP contribution in [-0.4, -0.2) is 15.7 Å². The first-order chi connectivity index (χ1) is 9.47. The van der Waals surface area contributed by atoms with Crippen LogP contribution in [0.5, 0.6) is 0 Å². The van der Waals surface area contributed by atoms with E-state index in [1.165, 1.54) is 0 Å². The minimum Gasteiger partial charge on any atom is -0.399 e. The van der Waals surface area contributed by atoms with Gasteiger partial charge < -0.3 is 11.1 Å². The van der Waals surface area contributed by atoms with E-state index in [1.54, 1.807) is 29.1 Å². The van der Waals surface area contributed by atoms with E-state index in [4.69, 9.17) is 28.9 Å². The second-order valence-electron chi connectivity index (χ2n) is 4.34. The van der Waals surface area contributed by atoms with Gasteiger partial charge in [-0.05, 0) is 25.1 Å². The van der Waals surface area contributed by atoms with Gasteiger partial charge in [-0.3, -0.25) is 9.48 Å². The molecule has 0 unspecified atom stereocenters. The third-order valence-electron chi connectivity index (χ3n) is 2.86. The molecular formula is C13H14Cl2N4O. The normalized spacial score (nSPS) is 10.6. The lowest BCUT2D eigenvalue weighted by Crippen LogP contribution is -2.15. The molecule has 2 aromatic rings. The third-order valence-corrected chi connectivity index (χ3v) is 3.54. The van der Waals surface area contributed by atoms with Crippen LogP contribution < -0.4 is 11.1 Å². The maximum absolute atomic E-state index is 11.9. The molecule has 0 radical (unpaired) electrons. The van der Waals surface area contributed by atoms with Crippen molar-refractivity contribution < 1.29 is 4.79 Å². The summed E-state index contributed by atoms with van der Waals surface area (Å²) in [5.41, 5.74) is 7.52. The largest absolute Gasteiger partial charge is 0.399 e. The number of nitrogens with zero attached hydrogens (tertiary/aromatic N) is 2. The number of hydrogen-bond acceptors (Lipinski definition) is 3. The molecule has 0 bridgehead atoms. The Balaban J connectivity index is 1.94. The van der Waals surface area contributed by atoms with E-state index >= 15 is 0 Å². The van der Waals surface area contributed by atoms with Crippen molar-refractivity contribution in [1.82, 2.24) is 9.78 Å². The maximum atomic E-state index is 11.9. The Morgan fingerprint density at radius 2 is 2.15 bits per heavy atom. The summed E-state index contributed by atoms with van der Waals surface area (Å²) in [4.78, 5) is 11.9. The molecule has 5 nitrogen and oxygen atoms in total. The maximum Gasteiger partial charge on any atom is 0.226 e. The van der Waals surface area contributed by atoms with E-state index in [9.17, 15) is 4.79 Å². The zero-order valence-corrected chi connectivity index (χ0v) is 12.4. The zero-order chi connectivity index (χ0) is 14.7. The molecule has 3 N–H and O–H groups in total. The van der Waals surface area contributed by atoms with Gasteiger partial charge in [-0.15, -0.1) is 0 Å². The lowest BCUT2D eigenvalue weighted by atomic mass is 10.2. The van der Waals surface area contributed by atoms with Gasteiger partial charge in [0, 0.05) is 12.1 Å². The van der Waals surface area contributed by atoms with Crippen LogP contribution in [0, 0.1) is 6.92 Å². The lowest BCUT2D eigenvalue weighted by Gasteiger charge is -2.08. The SMILES string of the molecule is Cc1c(Cl)cnn1CCC(=O)Nc1ccc(N)cc1Cl. The van der Waals surface area contributed by atoms with Crippen molar-refractivity contribution in [3.05, 3.63) is 40.1 Å². The van der Waals surface area contributed by atoms with Crippen LogP contribution >= 0.6 is 23.2 Å². The summed E-state index contributed by atoms with van der Waals surface area (Å²) >= 11 is 11.9. The zero-order valence-electron chi connectivity index (χ0n) is 10.9. The van der Waals surface area contributed by atoms with Crippen molar-refractivity contribution in [2.45, 2.75) is 19.9 Å². The number of hydrogen-bond donors (Lipinski definition) is 2. The van der Waals surface area contributed by atoms with Crippen LogP contribution in [0.25, 0.3) is 0 Å². The molecule has 1 heterocycles.